The van der Waals surface area contributed by atoms with Crippen molar-refractivity contribution in [2.75, 3.05) is 0 Å². The number of hydrogen-bond donors (Lipinski definition) is 1. The van der Waals surface area contributed by atoms with Gasteiger partial charge in [-0.2, -0.15) is 4.39 Å². The Bertz CT molecular complexity index is 654. The molecule has 1 saturated carbocycles. The minimum Gasteiger partial charge on any atom is -0.258 e. The van der Waals surface area contributed by atoms with Crippen molar-refractivity contribution in [3.63, 3.8) is 0 Å². The van der Waals surface area contributed by atoms with Crippen molar-refractivity contribution < 1.29 is 17.7 Å². The summed E-state index contributed by atoms with van der Waals surface area (Å²) in [5, 5.41) is 10.7. The number of nitrogens with zero attached hydrogens (tertiary/aromatic N) is 1. The highest BCUT2D eigenvalue weighted by Crippen LogP contribution is 2.30. The van der Waals surface area contributed by atoms with Crippen molar-refractivity contribution in [2.24, 2.45) is 5.92 Å². The van der Waals surface area contributed by atoms with Gasteiger partial charge in [0.2, 0.25) is 15.8 Å². The zero-order chi connectivity index (χ0) is 15.1. The zero-order valence-corrected chi connectivity index (χ0v) is 11.9. The third kappa shape index (κ3) is 2.80. The quantitative estimate of drug-likeness (QED) is 0.681. The topological polar surface area (TPSA) is 89.3 Å². The van der Waals surface area contributed by atoms with E-state index in [1.54, 1.807) is 0 Å². The molecule has 0 amide bonds. The maximum Gasteiger partial charge on any atom is 0.306 e. The van der Waals surface area contributed by atoms with Gasteiger partial charge in [-0.3, -0.25) is 10.1 Å². The second-order valence-electron chi connectivity index (χ2n) is 5.22. The van der Waals surface area contributed by atoms with Crippen molar-refractivity contribution >= 4 is 15.7 Å². The molecule has 0 aromatic heterocycles. The van der Waals surface area contributed by atoms with E-state index in [4.69, 9.17) is 0 Å². The number of sulfonamides is 1. The Morgan fingerprint density at radius 2 is 2.00 bits per heavy atom. The Morgan fingerprint density at radius 3 is 2.50 bits per heavy atom. The first-order valence-electron chi connectivity index (χ1n) is 6.17. The summed E-state index contributed by atoms with van der Waals surface area (Å²) in [6.07, 6.45) is 1.48. The minimum absolute atomic E-state index is 0.146. The molecule has 1 aliphatic carbocycles. The second-order valence-corrected chi connectivity index (χ2v) is 6.90. The third-order valence-electron chi connectivity index (χ3n) is 3.43. The molecule has 0 unspecified atom stereocenters. The highest BCUT2D eigenvalue weighted by Gasteiger charge is 2.31. The van der Waals surface area contributed by atoms with Gasteiger partial charge in [0.15, 0.2) is 0 Å². The minimum atomic E-state index is -3.87. The molecular formula is C12H15FN2O4S. The van der Waals surface area contributed by atoms with Crippen molar-refractivity contribution in [3.05, 3.63) is 33.6 Å². The first kappa shape index (κ1) is 14.9. The first-order chi connectivity index (χ1) is 9.20. The lowest BCUT2D eigenvalue weighted by Gasteiger charge is -2.33. The number of rotatable bonds is 4. The standard InChI is InChI=1S/C12H15FN2O4S/c1-7-3-9(4-7)14-20(18,19)12-6-11(15(16)17)10(13)5-8(12)2/h5-7,9,14H,3-4H2,1-2H3. The predicted octanol–water partition coefficient (Wildman–Crippen LogP) is 2.12. The third-order valence-corrected chi connectivity index (χ3v) is 5.09. The van der Waals surface area contributed by atoms with E-state index >= 15 is 0 Å². The molecule has 0 aliphatic heterocycles. The smallest absolute Gasteiger partial charge is 0.258 e. The van der Waals surface area contributed by atoms with Gasteiger partial charge in [0.25, 0.3) is 0 Å². The molecule has 0 atom stereocenters. The number of halogens is 1. The second kappa shape index (κ2) is 5.10. The SMILES string of the molecule is Cc1cc(F)c([N+](=O)[O-])cc1S(=O)(=O)NC1CC(C)C1. The number of aryl methyl sites for hydroxylation is 1. The molecule has 1 aliphatic rings. The fraction of sp³-hybridized carbons (Fsp3) is 0.500. The predicted molar refractivity (Wildman–Crippen MR) is 70.3 cm³/mol. The maximum atomic E-state index is 13.4. The zero-order valence-electron chi connectivity index (χ0n) is 11.1. The van der Waals surface area contributed by atoms with Gasteiger partial charge in [-0.15, -0.1) is 0 Å². The van der Waals surface area contributed by atoms with Crippen LogP contribution in [0.1, 0.15) is 25.3 Å². The molecule has 1 fully saturated rings. The van der Waals surface area contributed by atoms with E-state index in [2.05, 4.69) is 4.72 Å². The van der Waals surface area contributed by atoms with Crippen LogP contribution < -0.4 is 4.72 Å². The van der Waals surface area contributed by atoms with E-state index in [-0.39, 0.29) is 16.5 Å². The van der Waals surface area contributed by atoms with E-state index in [0.717, 1.165) is 25.0 Å². The summed E-state index contributed by atoms with van der Waals surface area (Å²) in [6, 6.07) is 1.49. The fourth-order valence-electron chi connectivity index (χ4n) is 2.35. The summed E-state index contributed by atoms with van der Waals surface area (Å²) in [7, 11) is -3.87. The van der Waals surface area contributed by atoms with Crippen molar-refractivity contribution in [2.45, 2.75) is 37.6 Å². The molecule has 2 rings (SSSR count). The van der Waals surface area contributed by atoms with E-state index in [0.29, 0.717) is 5.92 Å². The number of nitro groups is 1. The van der Waals surface area contributed by atoms with Gasteiger partial charge in [0.05, 0.1) is 9.82 Å². The van der Waals surface area contributed by atoms with Crippen molar-refractivity contribution in [1.82, 2.24) is 4.72 Å². The van der Waals surface area contributed by atoms with E-state index in [9.17, 15) is 22.9 Å². The Kier molecular flexibility index (Phi) is 3.79. The van der Waals surface area contributed by atoms with Crippen LogP contribution in [0.4, 0.5) is 10.1 Å². The van der Waals surface area contributed by atoms with Gasteiger partial charge in [-0.25, -0.2) is 13.1 Å². The molecule has 1 aromatic carbocycles. The molecule has 0 bridgehead atoms. The van der Waals surface area contributed by atoms with Crippen LogP contribution in [0.25, 0.3) is 0 Å². The summed E-state index contributed by atoms with van der Waals surface area (Å²) in [5.74, 6) is -0.574. The summed E-state index contributed by atoms with van der Waals surface area (Å²) >= 11 is 0. The van der Waals surface area contributed by atoms with Gasteiger partial charge < -0.3 is 0 Å². The summed E-state index contributed by atoms with van der Waals surface area (Å²) in [5.41, 5.74) is -0.689. The number of nitrogens with one attached hydrogen (secondary N) is 1. The first-order valence-corrected chi connectivity index (χ1v) is 7.66. The molecule has 6 nitrogen and oxygen atoms in total. The summed E-state index contributed by atoms with van der Waals surface area (Å²) in [4.78, 5) is 9.52. The summed E-state index contributed by atoms with van der Waals surface area (Å²) in [6.45, 7) is 3.42. The van der Waals surface area contributed by atoms with Gasteiger partial charge in [-0.05, 0) is 37.3 Å². The average molecular weight is 302 g/mol. The van der Waals surface area contributed by atoms with Crippen LogP contribution in [0.15, 0.2) is 17.0 Å². The van der Waals surface area contributed by atoms with E-state index in [1.807, 2.05) is 6.92 Å². The van der Waals surface area contributed by atoms with Crippen LogP contribution in [-0.4, -0.2) is 19.4 Å². The molecule has 0 heterocycles. The van der Waals surface area contributed by atoms with Crippen LogP contribution >= 0.6 is 0 Å². The highest BCUT2D eigenvalue weighted by molar-refractivity contribution is 7.89. The molecule has 1 N–H and O–H groups in total. The van der Waals surface area contributed by atoms with Crippen LogP contribution in [0, 0.1) is 28.8 Å². The normalized spacial score (nSPS) is 22.4. The summed E-state index contributed by atoms with van der Waals surface area (Å²) < 4.78 is 40.3. The van der Waals surface area contributed by atoms with E-state index in [1.165, 1.54) is 6.92 Å². The number of nitro benzene ring substituents is 1. The highest BCUT2D eigenvalue weighted by atomic mass is 32.2. The van der Waals surface area contributed by atoms with Crippen LogP contribution in [0.5, 0.6) is 0 Å². The lowest BCUT2D eigenvalue weighted by molar-refractivity contribution is -0.387. The molecule has 0 radical (unpaired) electrons. The van der Waals surface area contributed by atoms with E-state index < -0.39 is 26.5 Å². The average Bonchev–Trinajstić information content (AvgIpc) is 2.25. The molecular weight excluding hydrogens is 287 g/mol. The largest absolute Gasteiger partial charge is 0.306 e. The molecule has 110 valence electrons. The Hall–Kier alpha value is -1.54. The number of hydrogen-bond acceptors (Lipinski definition) is 4. The Morgan fingerprint density at radius 1 is 1.40 bits per heavy atom. The maximum absolute atomic E-state index is 13.4. The van der Waals surface area contributed by atoms with Gasteiger partial charge >= 0.3 is 5.69 Å². The molecule has 0 saturated heterocycles. The van der Waals surface area contributed by atoms with Gasteiger partial charge in [-0.1, -0.05) is 6.92 Å². The lowest BCUT2D eigenvalue weighted by atomic mass is 9.83. The van der Waals surface area contributed by atoms with Crippen molar-refractivity contribution in [3.8, 4) is 0 Å². The monoisotopic (exact) mass is 302 g/mol. The Labute approximate surface area is 116 Å². The molecule has 1 aromatic rings. The van der Waals surface area contributed by atoms with Gasteiger partial charge in [0.1, 0.15) is 0 Å². The molecule has 0 spiro atoms. The Balaban J connectivity index is 2.35. The van der Waals surface area contributed by atoms with Crippen LogP contribution in [0.3, 0.4) is 0 Å². The number of benzene rings is 1. The fourth-order valence-corrected chi connectivity index (χ4v) is 3.86. The molecule has 20 heavy (non-hydrogen) atoms. The van der Waals surface area contributed by atoms with Crippen LogP contribution in [-0.2, 0) is 10.0 Å². The van der Waals surface area contributed by atoms with Crippen molar-refractivity contribution in [1.29, 1.82) is 0 Å². The molecule has 8 heteroatoms. The lowest BCUT2D eigenvalue weighted by Crippen LogP contribution is -2.43. The van der Waals surface area contributed by atoms with Crippen LogP contribution in [0.2, 0.25) is 0 Å². The van der Waals surface area contributed by atoms with Gasteiger partial charge in [0, 0.05) is 12.1 Å².